The molecule has 24 heavy (non-hydrogen) atoms. The predicted molar refractivity (Wildman–Crippen MR) is 88.5 cm³/mol. The van der Waals surface area contributed by atoms with Crippen LogP contribution < -0.4 is 4.74 Å². The highest BCUT2D eigenvalue weighted by atomic mass is 79.9. The van der Waals surface area contributed by atoms with Crippen LogP contribution >= 0.6 is 15.9 Å². The molecule has 0 N–H and O–H groups in total. The first-order valence-corrected chi connectivity index (χ1v) is 8.45. The Kier molecular flexibility index (Phi) is 3.60. The predicted octanol–water partition coefficient (Wildman–Crippen LogP) is 4.48. The summed E-state index contributed by atoms with van der Waals surface area (Å²) in [4.78, 5) is 14.4. The molecule has 0 aliphatic carbocycles. The molecule has 2 aliphatic rings. The number of carbonyl (C=O) groups is 1. The molecule has 2 unspecified atom stereocenters. The van der Waals surface area contributed by atoms with Crippen molar-refractivity contribution in [2.75, 3.05) is 6.54 Å². The van der Waals surface area contributed by atoms with E-state index in [4.69, 9.17) is 4.74 Å². The molecular formula is C18H14BrF2NO2. The van der Waals surface area contributed by atoms with Crippen molar-refractivity contribution in [2.45, 2.75) is 23.4 Å². The van der Waals surface area contributed by atoms with Gasteiger partial charge < -0.3 is 9.64 Å². The Morgan fingerprint density at radius 3 is 2.67 bits per heavy atom. The fourth-order valence-electron chi connectivity index (χ4n) is 3.80. The van der Waals surface area contributed by atoms with Crippen LogP contribution in [0.25, 0.3) is 0 Å². The average Bonchev–Trinajstić information content (AvgIpc) is 3.06. The summed E-state index contributed by atoms with van der Waals surface area (Å²) in [6.07, 6.45) is 0.626. The number of alkyl halides is 3. The second-order valence-corrected chi connectivity index (χ2v) is 7.39. The Morgan fingerprint density at radius 2 is 1.88 bits per heavy atom. The molecule has 1 fully saturated rings. The van der Waals surface area contributed by atoms with Crippen molar-refractivity contribution in [1.82, 2.24) is 4.90 Å². The lowest BCUT2D eigenvalue weighted by atomic mass is 9.86. The van der Waals surface area contributed by atoms with E-state index in [-0.39, 0.29) is 17.7 Å². The van der Waals surface area contributed by atoms with Crippen LogP contribution in [0.15, 0.2) is 48.5 Å². The van der Waals surface area contributed by atoms with E-state index in [0.29, 0.717) is 24.1 Å². The minimum absolute atomic E-state index is 0.0100. The van der Waals surface area contributed by atoms with Gasteiger partial charge in [0, 0.05) is 17.7 Å². The van der Waals surface area contributed by atoms with Crippen molar-refractivity contribution < 1.29 is 18.3 Å². The molecule has 2 heterocycles. The number of para-hydroxylation sites is 1. The Balaban J connectivity index is 1.84. The maximum atomic E-state index is 12.8. The molecular weight excluding hydrogens is 380 g/mol. The zero-order chi connectivity index (χ0) is 16.9. The van der Waals surface area contributed by atoms with Crippen molar-refractivity contribution in [3.63, 3.8) is 0 Å². The zero-order valence-electron chi connectivity index (χ0n) is 12.6. The number of rotatable bonds is 3. The van der Waals surface area contributed by atoms with Gasteiger partial charge in [0.25, 0.3) is 5.91 Å². The van der Waals surface area contributed by atoms with Crippen molar-refractivity contribution in [2.24, 2.45) is 0 Å². The van der Waals surface area contributed by atoms with E-state index in [1.165, 1.54) is 6.07 Å². The van der Waals surface area contributed by atoms with E-state index in [0.717, 1.165) is 5.56 Å². The van der Waals surface area contributed by atoms with Gasteiger partial charge in [-0.05, 0) is 24.1 Å². The molecule has 2 atom stereocenters. The number of benzene rings is 2. The fourth-order valence-corrected chi connectivity index (χ4v) is 4.80. The molecule has 2 aromatic carbocycles. The summed E-state index contributed by atoms with van der Waals surface area (Å²) in [5.41, 5.74) is 2.24. The second-order valence-electron chi connectivity index (χ2n) is 5.98. The van der Waals surface area contributed by atoms with Crippen LogP contribution in [0, 0.1) is 0 Å². The third-order valence-corrected chi connectivity index (χ3v) is 6.02. The molecule has 3 nitrogen and oxygen atoms in total. The average molecular weight is 394 g/mol. The van der Waals surface area contributed by atoms with Crippen LogP contribution in [-0.2, 0) is 4.32 Å². The van der Waals surface area contributed by atoms with Crippen LogP contribution in [0.5, 0.6) is 5.75 Å². The van der Waals surface area contributed by atoms with Crippen molar-refractivity contribution in [3.8, 4) is 5.75 Å². The lowest BCUT2D eigenvalue weighted by Crippen LogP contribution is -2.29. The SMILES string of the molecule is O=C1c2ccccc2C2N1CCC2(Br)c1ccccc1OC(F)F. The Bertz CT molecular complexity index is 813. The maximum Gasteiger partial charge on any atom is 0.387 e. The highest BCUT2D eigenvalue weighted by Crippen LogP contribution is 2.58. The van der Waals surface area contributed by atoms with Crippen molar-refractivity contribution in [1.29, 1.82) is 0 Å². The van der Waals surface area contributed by atoms with E-state index in [9.17, 15) is 13.6 Å². The van der Waals surface area contributed by atoms with Gasteiger partial charge in [0.05, 0.1) is 10.4 Å². The quantitative estimate of drug-likeness (QED) is 0.719. The number of nitrogens with zero attached hydrogens (tertiary/aromatic N) is 1. The summed E-state index contributed by atoms with van der Waals surface area (Å²) in [6.45, 7) is -2.33. The molecule has 124 valence electrons. The third kappa shape index (κ3) is 2.16. The molecule has 0 aromatic heterocycles. The Labute approximate surface area is 146 Å². The van der Waals surface area contributed by atoms with E-state index in [1.807, 2.05) is 24.3 Å². The van der Waals surface area contributed by atoms with Gasteiger partial charge in [0.2, 0.25) is 0 Å². The van der Waals surface area contributed by atoms with Crippen LogP contribution in [0.3, 0.4) is 0 Å². The monoisotopic (exact) mass is 393 g/mol. The minimum Gasteiger partial charge on any atom is -0.434 e. The number of carbonyl (C=O) groups excluding carboxylic acids is 1. The van der Waals surface area contributed by atoms with Crippen LogP contribution in [-0.4, -0.2) is 24.0 Å². The summed E-state index contributed by atoms with van der Waals surface area (Å²) in [6, 6.07) is 14.0. The maximum absolute atomic E-state index is 12.8. The highest BCUT2D eigenvalue weighted by molar-refractivity contribution is 9.09. The van der Waals surface area contributed by atoms with E-state index < -0.39 is 10.9 Å². The normalized spacial score (nSPS) is 25.1. The van der Waals surface area contributed by atoms with Crippen LogP contribution in [0.4, 0.5) is 8.78 Å². The molecule has 0 bridgehead atoms. The molecule has 4 rings (SSSR count). The highest BCUT2D eigenvalue weighted by Gasteiger charge is 2.55. The van der Waals surface area contributed by atoms with Gasteiger partial charge in [-0.3, -0.25) is 4.79 Å². The summed E-state index contributed by atoms with van der Waals surface area (Å²) in [5, 5.41) is 0. The van der Waals surface area contributed by atoms with E-state index in [2.05, 4.69) is 15.9 Å². The number of halogens is 3. The summed E-state index contributed by atoms with van der Waals surface area (Å²) in [7, 11) is 0. The van der Waals surface area contributed by atoms with Gasteiger partial charge in [-0.15, -0.1) is 0 Å². The van der Waals surface area contributed by atoms with Gasteiger partial charge in [-0.25, -0.2) is 0 Å². The van der Waals surface area contributed by atoms with Crippen LogP contribution in [0.1, 0.15) is 33.9 Å². The Morgan fingerprint density at radius 1 is 1.17 bits per heavy atom. The summed E-state index contributed by atoms with van der Waals surface area (Å²) in [5.74, 6) is 0.132. The topological polar surface area (TPSA) is 29.5 Å². The number of fused-ring (bicyclic) bond motifs is 3. The van der Waals surface area contributed by atoms with Crippen LogP contribution in [0.2, 0.25) is 0 Å². The van der Waals surface area contributed by atoms with Gasteiger partial charge >= 0.3 is 6.61 Å². The van der Waals surface area contributed by atoms with Crippen molar-refractivity contribution >= 4 is 21.8 Å². The molecule has 0 radical (unpaired) electrons. The van der Waals surface area contributed by atoms with Gasteiger partial charge in [-0.2, -0.15) is 8.78 Å². The second kappa shape index (κ2) is 5.55. The molecule has 6 heteroatoms. The van der Waals surface area contributed by atoms with Crippen molar-refractivity contribution in [3.05, 3.63) is 65.2 Å². The molecule has 1 amide bonds. The standard InChI is InChI=1S/C18H14BrF2NO2/c19-18(13-7-3-4-8-14(13)24-17(20)21)9-10-22-15(18)11-5-1-2-6-12(11)16(22)23/h1-8,15,17H,9-10H2. The molecule has 0 saturated carbocycles. The van der Waals surface area contributed by atoms with Gasteiger partial charge in [0.15, 0.2) is 0 Å². The fraction of sp³-hybridized carbons (Fsp3) is 0.278. The lowest BCUT2D eigenvalue weighted by Gasteiger charge is -2.31. The molecule has 2 aromatic rings. The summed E-state index contributed by atoms with van der Waals surface area (Å²) >= 11 is 3.78. The molecule has 2 aliphatic heterocycles. The first-order chi connectivity index (χ1) is 11.5. The van der Waals surface area contributed by atoms with E-state index in [1.54, 1.807) is 23.1 Å². The lowest BCUT2D eigenvalue weighted by molar-refractivity contribution is -0.0508. The number of hydrogen-bond acceptors (Lipinski definition) is 2. The van der Waals surface area contributed by atoms with Gasteiger partial charge in [0.1, 0.15) is 5.75 Å². The number of ether oxygens (including phenoxy) is 1. The smallest absolute Gasteiger partial charge is 0.387 e. The van der Waals surface area contributed by atoms with E-state index >= 15 is 0 Å². The first-order valence-electron chi connectivity index (χ1n) is 7.65. The Hall–Kier alpha value is -1.95. The number of amides is 1. The number of hydrogen-bond donors (Lipinski definition) is 0. The van der Waals surface area contributed by atoms with Gasteiger partial charge in [-0.1, -0.05) is 52.3 Å². The molecule has 1 saturated heterocycles. The largest absolute Gasteiger partial charge is 0.434 e. The summed E-state index contributed by atoms with van der Waals surface area (Å²) < 4.78 is 29.6. The minimum atomic E-state index is -2.89. The first kappa shape index (κ1) is 15.6. The third-order valence-electron chi connectivity index (χ3n) is 4.76. The zero-order valence-corrected chi connectivity index (χ0v) is 14.2. The molecule has 0 spiro atoms.